The predicted octanol–water partition coefficient (Wildman–Crippen LogP) is 1.51. The van der Waals surface area contributed by atoms with Gasteiger partial charge in [0.1, 0.15) is 0 Å². The lowest BCUT2D eigenvalue weighted by atomic mass is 10.1. The topological polar surface area (TPSA) is 91.7 Å². The van der Waals surface area contributed by atoms with Crippen LogP contribution in [0, 0.1) is 0 Å². The van der Waals surface area contributed by atoms with E-state index in [1.54, 1.807) is 0 Å². The van der Waals surface area contributed by atoms with Crippen LogP contribution < -0.4 is 0 Å². The first-order valence-electron chi connectivity index (χ1n) is 5.46. The standard InChI is InChI=1S/C10H20O5S/c1-3-4-5-6-7-8-9(11)10(2,12)16(13,14)15/h12H,3-8H2,1-2H3,(H,13,14,15). The Balaban J connectivity index is 4.08. The van der Waals surface area contributed by atoms with Crippen molar-refractivity contribution in [1.82, 2.24) is 0 Å². The third-order valence-electron chi connectivity index (χ3n) is 2.53. The molecule has 0 heterocycles. The minimum absolute atomic E-state index is 0.0312. The molecule has 0 amide bonds. The third-order valence-corrected chi connectivity index (χ3v) is 3.76. The zero-order valence-corrected chi connectivity index (χ0v) is 10.6. The first-order valence-corrected chi connectivity index (χ1v) is 6.90. The predicted molar refractivity (Wildman–Crippen MR) is 60.6 cm³/mol. The van der Waals surface area contributed by atoms with Crippen LogP contribution in [0.4, 0.5) is 0 Å². The van der Waals surface area contributed by atoms with Gasteiger partial charge in [-0.3, -0.25) is 9.35 Å². The maximum Gasteiger partial charge on any atom is 0.302 e. The summed E-state index contributed by atoms with van der Waals surface area (Å²) in [6.07, 6.45) is 4.46. The van der Waals surface area contributed by atoms with E-state index in [0.717, 1.165) is 32.6 Å². The highest BCUT2D eigenvalue weighted by molar-refractivity contribution is 7.87. The van der Waals surface area contributed by atoms with Gasteiger partial charge in [-0.25, -0.2) is 0 Å². The first-order chi connectivity index (χ1) is 7.23. The van der Waals surface area contributed by atoms with Crippen molar-refractivity contribution in [1.29, 1.82) is 0 Å². The molecule has 0 fully saturated rings. The van der Waals surface area contributed by atoms with E-state index >= 15 is 0 Å². The van der Waals surface area contributed by atoms with E-state index in [-0.39, 0.29) is 6.42 Å². The molecule has 0 aliphatic heterocycles. The van der Waals surface area contributed by atoms with Crippen LogP contribution in [0.2, 0.25) is 0 Å². The summed E-state index contributed by atoms with van der Waals surface area (Å²) in [5.41, 5.74) is 0. The molecule has 0 aliphatic rings. The maximum atomic E-state index is 11.4. The van der Waals surface area contributed by atoms with Crippen LogP contribution in [0.15, 0.2) is 0 Å². The van der Waals surface area contributed by atoms with Crippen molar-refractivity contribution in [3.8, 4) is 0 Å². The van der Waals surface area contributed by atoms with Gasteiger partial charge < -0.3 is 5.11 Å². The van der Waals surface area contributed by atoms with Gasteiger partial charge >= 0.3 is 10.1 Å². The molecule has 0 aliphatic carbocycles. The van der Waals surface area contributed by atoms with Crippen molar-refractivity contribution in [3.63, 3.8) is 0 Å². The molecular weight excluding hydrogens is 232 g/mol. The van der Waals surface area contributed by atoms with E-state index in [0.29, 0.717) is 6.42 Å². The largest absolute Gasteiger partial charge is 0.367 e. The van der Waals surface area contributed by atoms with Crippen molar-refractivity contribution >= 4 is 15.9 Å². The fourth-order valence-corrected chi connectivity index (χ4v) is 1.65. The number of hydrogen-bond donors (Lipinski definition) is 2. The highest BCUT2D eigenvalue weighted by atomic mass is 32.2. The van der Waals surface area contributed by atoms with Crippen LogP contribution in [0.3, 0.4) is 0 Å². The van der Waals surface area contributed by atoms with Crippen molar-refractivity contribution in [2.75, 3.05) is 0 Å². The Morgan fingerprint density at radius 1 is 1.19 bits per heavy atom. The number of carbonyl (C=O) groups excluding carboxylic acids is 1. The molecule has 6 heteroatoms. The molecule has 0 rings (SSSR count). The fourth-order valence-electron chi connectivity index (χ4n) is 1.26. The highest BCUT2D eigenvalue weighted by Gasteiger charge is 2.42. The molecule has 0 saturated carbocycles. The van der Waals surface area contributed by atoms with E-state index in [9.17, 15) is 18.3 Å². The second kappa shape index (κ2) is 6.32. The van der Waals surface area contributed by atoms with Crippen molar-refractivity contribution in [2.45, 2.75) is 57.3 Å². The van der Waals surface area contributed by atoms with Crippen molar-refractivity contribution in [2.24, 2.45) is 0 Å². The lowest BCUT2D eigenvalue weighted by Gasteiger charge is -2.17. The summed E-state index contributed by atoms with van der Waals surface area (Å²) in [5.74, 6) is -0.855. The summed E-state index contributed by atoms with van der Waals surface area (Å²) >= 11 is 0. The number of unbranched alkanes of at least 4 members (excludes halogenated alkanes) is 4. The Morgan fingerprint density at radius 3 is 2.12 bits per heavy atom. The molecule has 0 radical (unpaired) electrons. The molecule has 1 unspecified atom stereocenters. The molecule has 96 valence electrons. The van der Waals surface area contributed by atoms with E-state index in [1.807, 2.05) is 0 Å². The zero-order chi connectivity index (χ0) is 12.8. The average molecular weight is 252 g/mol. The lowest BCUT2D eigenvalue weighted by molar-refractivity contribution is -0.129. The van der Waals surface area contributed by atoms with E-state index in [1.165, 1.54) is 0 Å². The van der Waals surface area contributed by atoms with E-state index in [4.69, 9.17) is 4.55 Å². The van der Waals surface area contributed by atoms with Gasteiger partial charge in [-0.1, -0.05) is 32.6 Å². The number of carbonyl (C=O) groups is 1. The van der Waals surface area contributed by atoms with Crippen LogP contribution in [0.1, 0.15) is 52.4 Å². The molecule has 1 atom stereocenters. The minimum Gasteiger partial charge on any atom is -0.367 e. The summed E-state index contributed by atoms with van der Waals surface area (Å²) in [7, 11) is -4.74. The summed E-state index contributed by atoms with van der Waals surface area (Å²) in [5, 5.41) is 9.33. The van der Waals surface area contributed by atoms with Gasteiger partial charge in [-0.15, -0.1) is 0 Å². The normalized spacial score (nSPS) is 15.8. The second-order valence-corrected chi connectivity index (χ2v) is 5.79. The SMILES string of the molecule is CCCCCCCC(=O)C(C)(O)S(=O)(=O)O. The number of ketones is 1. The number of Topliss-reactive ketones (excluding diaryl/α,β-unsaturated/α-hetero) is 1. The Labute approximate surface area is 96.6 Å². The second-order valence-electron chi connectivity index (χ2n) is 4.05. The summed E-state index contributed by atoms with van der Waals surface area (Å²) in [6.45, 7) is 2.87. The zero-order valence-electron chi connectivity index (χ0n) is 9.77. The Hall–Kier alpha value is -0.460. The average Bonchev–Trinajstić information content (AvgIpc) is 2.15. The van der Waals surface area contributed by atoms with Gasteiger partial charge in [0.2, 0.25) is 4.93 Å². The lowest BCUT2D eigenvalue weighted by Crippen LogP contribution is -2.43. The quantitative estimate of drug-likeness (QED) is 0.504. The van der Waals surface area contributed by atoms with Crippen LogP contribution in [0.5, 0.6) is 0 Å². The highest BCUT2D eigenvalue weighted by Crippen LogP contribution is 2.17. The molecule has 5 nitrogen and oxygen atoms in total. The fraction of sp³-hybridized carbons (Fsp3) is 0.900. The molecule has 2 N–H and O–H groups in total. The summed E-state index contributed by atoms with van der Waals surface area (Å²) in [6, 6.07) is 0. The van der Waals surface area contributed by atoms with Crippen LogP contribution >= 0.6 is 0 Å². The third kappa shape index (κ3) is 4.59. The number of rotatable bonds is 8. The van der Waals surface area contributed by atoms with Crippen LogP contribution in [-0.4, -0.2) is 28.8 Å². The van der Waals surface area contributed by atoms with Gasteiger partial charge in [-0.05, 0) is 13.3 Å². The van der Waals surface area contributed by atoms with Crippen LogP contribution in [-0.2, 0) is 14.9 Å². The van der Waals surface area contributed by atoms with Gasteiger partial charge in [0.25, 0.3) is 0 Å². The van der Waals surface area contributed by atoms with Gasteiger partial charge in [-0.2, -0.15) is 8.42 Å². The van der Waals surface area contributed by atoms with Gasteiger partial charge in [0.05, 0.1) is 0 Å². The molecule has 0 spiro atoms. The molecule has 0 saturated heterocycles. The van der Waals surface area contributed by atoms with Gasteiger partial charge in [0, 0.05) is 6.42 Å². The smallest absolute Gasteiger partial charge is 0.302 e. The molecule has 0 aromatic rings. The molecule has 0 aromatic carbocycles. The monoisotopic (exact) mass is 252 g/mol. The first kappa shape index (κ1) is 15.5. The van der Waals surface area contributed by atoms with Crippen molar-refractivity contribution < 1.29 is 22.9 Å². The van der Waals surface area contributed by atoms with Gasteiger partial charge in [0.15, 0.2) is 5.78 Å². The Morgan fingerprint density at radius 2 is 1.69 bits per heavy atom. The molecule has 16 heavy (non-hydrogen) atoms. The Bertz CT molecular complexity index is 318. The molecule has 0 aromatic heterocycles. The van der Waals surface area contributed by atoms with Crippen molar-refractivity contribution in [3.05, 3.63) is 0 Å². The van der Waals surface area contributed by atoms with E-state index < -0.39 is 20.8 Å². The van der Waals surface area contributed by atoms with E-state index in [2.05, 4.69) is 6.92 Å². The molecular formula is C10H20O5S. The summed E-state index contributed by atoms with van der Waals surface area (Å²) < 4.78 is 30.1. The minimum atomic E-state index is -4.74. The maximum absolute atomic E-state index is 11.4. The van der Waals surface area contributed by atoms with Crippen LogP contribution in [0.25, 0.3) is 0 Å². The number of hydrogen-bond acceptors (Lipinski definition) is 4. The number of aliphatic hydroxyl groups is 1. The summed E-state index contributed by atoms with van der Waals surface area (Å²) in [4.78, 5) is 8.69. The Kier molecular flexibility index (Phi) is 6.14. The molecule has 0 bridgehead atoms.